The molecule has 0 bridgehead atoms. The van der Waals surface area contributed by atoms with Crippen LogP contribution >= 0.6 is 12.2 Å². The molecule has 9 heteroatoms. The molecule has 1 aromatic rings. The van der Waals surface area contributed by atoms with Gasteiger partial charge in [-0.05, 0) is 18.6 Å². The van der Waals surface area contributed by atoms with Crippen molar-refractivity contribution in [3.8, 4) is 0 Å². The van der Waals surface area contributed by atoms with Crippen molar-refractivity contribution in [1.29, 1.82) is 0 Å². The molecule has 0 radical (unpaired) electrons. The molecule has 80 valence electrons. The van der Waals surface area contributed by atoms with E-state index in [1.54, 1.807) is 6.92 Å². The highest BCUT2D eigenvalue weighted by Gasteiger charge is 2.18. The summed E-state index contributed by atoms with van der Waals surface area (Å²) in [7, 11) is -4.02. The highest BCUT2D eigenvalue weighted by molar-refractivity contribution is 7.85. The first-order valence-electron chi connectivity index (χ1n) is 3.88. The van der Waals surface area contributed by atoms with E-state index in [0.29, 0.717) is 6.42 Å². The zero-order chi connectivity index (χ0) is 10.8. The maximum Gasteiger partial charge on any atom is 0.266 e. The highest BCUT2D eigenvalue weighted by Crippen LogP contribution is 2.11. The third-order valence-electron chi connectivity index (χ3n) is 1.73. The minimum absolute atomic E-state index is 0.167. The third-order valence-corrected chi connectivity index (χ3v) is 2.82. The molecule has 0 aromatic carbocycles. The van der Waals surface area contributed by atoms with Crippen molar-refractivity contribution in [3.05, 3.63) is 4.77 Å². The minimum atomic E-state index is -4.02. The lowest BCUT2D eigenvalue weighted by Crippen LogP contribution is -2.20. The number of nitrogens with zero attached hydrogens (tertiary/aromatic N) is 3. The van der Waals surface area contributed by atoms with Gasteiger partial charge in [0.2, 0.25) is 4.77 Å². The van der Waals surface area contributed by atoms with Gasteiger partial charge in [-0.2, -0.15) is 13.6 Å². The SMILES string of the molecule is CCC(CS(=O)(=O)O)n1[nH]nnc1=S. The Morgan fingerprint density at radius 3 is 2.71 bits per heavy atom. The van der Waals surface area contributed by atoms with Crippen molar-refractivity contribution < 1.29 is 13.0 Å². The van der Waals surface area contributed by atoms with Gasteiger partial charge in [-0.3, -0.25) is 4.55 Å². The van der Waals surface area contributed by atoms with Crippen molar-refractivity contribution in [2.75, 3.05) is 5.75 Å². The number of aromatic nitrogens is 4. The van der Waals surface area contributed by atoms with E-state index in [1.165, 1.54) is 4.68 Å². The summed E-state index contributed by atoms with van der Waals surface area (Å²) >= 11 is 4.80. The zero-order valence-electron chi connectivity index (χ0n) is 7.41. The van der Waals surface area contributed by atoms with Gasteiger partial charge in [0.1, 0.15) is 0 Å². The van der Waals surface area contributed by atoms with Crippen LogP contribution in [0.1, 0.15) is 19.4 Å². The Morgan fingerprint density at radius 1 is 1.71 bits per heavy atom. The lowest BCUT2D eigenvalue weighted by Gasteiger charge is -2.12. The van der Waals surface area contributed by atoms with Crippen LogP contribution in [-0.2, 0) is 10.1 Å². The van der Waals surface area contributed by atoms with Gasteiger partial charge in [0.15, 0.2) is 0 Å². The van der Waals surface area contributed by atoms with E-state index in [0.717, 1.165) is 0 Å². The van der Waals surface area contributed by atoms with E-state index in [1.807, 2.05) is 0 Å². The largest absolute Gasteiger partial charge is 0.285 e. The van der Waals surface area contributed by atoms with Gasteiger partial charge < -0.3 is 0 Å². The van der Waals surface area contributed by atoms with E-state index in [-0.39, 0.29) is 4.77 Å². The predicted octanol–water partition coefficient (Wildman–Crippen LogP) is 0.175. The standard InChI is InChI=1S/C5H10N4O3S2/c1-2-4(3-14(10,11)12)9-5(13)6-7-8-9/h4H,2-3H2,1H3,(H,6,8,13)(H,10,11,12). The van der Waals surface area contributed by atoms with Gasteiger partial charge in [0.05, 0.1) is 11.8 Å². The number of tetrazole rings is 1. The van der Waals surface area contributed by atoms with Crippen molar-refractivity contribution in [2.24, 2.45) is 0 Å². The van der Waals surface area contributed by atoms with Gasteiger partial charge in [-0.1, -0.05) is 17.2 Å². The van der Waals surface area contributed by atoms with Crippen LogP contribution in [0, 0.1) is 4.77 Å². The van der Waals surface area contributed by atoms with Crippen LogP contribution in [0.3, 0.4) is 0 Å². The summed E-state index contributed by atoms with van der Waals surface area (Å²) in [6, 6.07) is -0.465. The molecule has 0 saturated carbocycles. The molecule has 0 amide bonds. The summed E-state index contributed by atoms with van der Waals surface area (Å²) in [5, 5.41) is 9.39. The van der Waals surface area contributed by atoms with Gasteiger partial charge in [-0.25, -0.2) is 4.68 Å². The van der Waals surface area contributed by atoms with Crippen molar-refractivity contribution in [1.82, 2.24) is 20.2 Å². The van der Waals surface area contributed by atoms with E-state index in [2.05, 4.69) is 15.5 Å². The first kappa shape index (κ1) is 11.3. The predicted molar refractivity (Wildman–Crippen MR) is 51.0 cm³/mol. The molecule has 0 aliphatic heterocycles. The Kier molecular flexibility index (Phi) is 3.34. The summed E-state index contributed by atoms with van der Waals surface area (Å²) < 4.78 is 31.5. The molecule has 0 aliphatic carbocycles. The van der Waals surface area contributed by atoms with E-state index in [9.17, 15) is 8.42 Å². The molecule has 1 aromatic heterocycles. The number of rotatable bonds is 4. The Labute approximate surface area is 85.9 Å². The van der Waals surface area contributed by atoms with Crippen LogP contribution in [0.15, 0.2) is 0 Å². The average Bonchev–Trinajstić information content (AvgIpc) is 2.45. The van der Waals surface area contributed by atoms with Gasteiger partial charge in [0.25, 0.3) is 10.1 Å². The highest BCUT2D eigenvalue weighted by atomic mass is 32.2. The van der Waals surface area contributed by atoms with Gasteiger partial charge in [-0.15, -0.1) is 0 Å². The van der Waals surface area contributed by atoms with Crippen molar-refractivity contribution in [3.63, 3.8) is 0 Å². The average molecular weight is 238 g/mol. The fraction of sp³-hybridized carbons (Fsp3) is 0.800. The molecule has 1 atom stereocenters. The fourth-order valence-electron chi connectivity index (χ4n) is 1.06. The lowest BCUT2D eigenvalue weighted by molar-refractivity contribution is 0.426. The molecule has 7 nitrogen and oxygen atoms in total. The first-order chi connectivity index (χ1) is 6.44. The first-order valence-corrected chi connectivity index (χ1v) is 5.90. The van der Waals surface area contributed by atoms with Crippen molar-refractivity contribution in [2.45, 2.75) is 19.4 Å². The number of nitrogens with one attached hydrogen (secondary N) is 1. The monoisotopic (exact) mass is 238 g/mol. The van der Waals surface area contributed by atoms with Crippen LogP contribution in [0.25, 0.3) is 0 Å². The van der Waals surface area contributed by atoms with E-state index in [4.69, 9.17) is 16.8 Å². The second-order valence-corrected chi connectivity index (χ2v) is 4.63. The topological polar surface area (TPSA) is 101 Å². The molecule has 0 fully saturated rings. The van der Waals surface area contributed by atoms with Crippen LogP contribution in [-0.4, -0.2) is 38.9 Å². The number of hydrogen-bond acceptors (Lipinski definition) is 5. The zero-order valence-corrected chi connectivity index (χ0v) is 9.05. The summed E-state index contributed by atoms with van der Waals surface area (Å²) in [5.74, 6) is -0.401. The Balaban J connectivity index is 2.95. The summed E-state index contributed by atoms with van der Waals surface area (Å²) in [6.07, 6.45) is 0.498. The summed E-state index contributed by atoms with van der Waals surface area (Å²) in [5.41, 5.74) is 0. The Morgan fingerprint density at radius 2 is 2.36 bits per heavy atom. The molecule has 14 heavy (non-hydrogen) atoms. The molecule has 1 rings (SSSR count). The Hall–Kier alpha value is -0.800. The molecule has 1 unspecified atom stereocenters. The number of H-pyrrole nitrogens is 1. The molecule has 2 N–H and O–H groups in total. The van der Waals surface area contributed by atoms with Crippen LogP contribution < -0.4 is 0 Å². The second kappa shape index (κ2) is 4.15. The number of aromatic amines is 1. The van der Waals surface area contributed by atoms with Crippen LogP contribution in [0.2, 0.25) is 0 Å². The summed E-state index contributed by atoms with van der Waals surface area (Å²) in [6.45, 7) is 1.78. The molecular formula is C5H10N4O3S2. The van der Waals surface area contributed by atoms with E-state index < -0.39 is 21.9 Å². The van der Waals surface area contributed by atoms with E-state index >= 15 is 0 Å². The van der Waals surface area contributed by atoms with Gasteiger partial charge >= 0.3 is 0 Å². The second-order valence-electron chi connectivity index (χ2n) is 2.76. The molecule has 0 spiro atoms. The number of hydrogen-bond donors (Lipinski definition) is 2. The normalized spacial score (nSPS) is 14.1. The summed E-state index contributed by atoms with van der Waals surface area (Å²) in [4.78, 5) is 0. The molecule has 0 saturated heterocycles. The van der Waals surface area contributed by atoms with Crippen molar-refractivity contribution >= 4 is 22.3 Å². The van der Waals surface area contributed by atoms with Crippen LogP contribution in [0.4, 0.5) is 0 Å². The minimum Gasteiger partial charge on any atom is -0.285 e. The van der Waals surface area contributed by atoms with Crippen LogP contribution in [0.5, 0.6) is 0 Å². The molecular weight excluding hydrogens is 228 g/mol. The maximum atomic E-state index is 10.7. The fourth-order valence-corrected chi connectivity index (χ4v) is 2.16. The Bertz CT molecular complexity index is 448. The third kappa shape index (κ3) is 2.86. The lowest BCUT2D eigenvalue weighted by atomic mass is 10.3. The maximum absolute atomic E-state index is 10.7. The quantitative estimate of drug-likeness (QED) is 0.573. The van der Waals surface area contributed by atoms with Gasteiger partial charge in [0, 0.05) is 0 Å². The molecule has 0 aliphatic rings. The molecule has 1 heterocycles. The smallest absolute Gasteiger partial charge is 0.266 e.